The van der Waals surface area contributed by atoms with Gasteiger partial charge in [0.15, 0.2) is 11.5 Å². The van der Waals surface area contributed by atoms with Gasteiger partial charge in [-0.1, -0.05) is 18.2 Å². The van der Waals surface area contributed by atoms with Crippen molar-refractivity contribution in [3.8, 4) is 11.5 Å². The monoisotopic (exact) mass is 393 g/mol. The number of benzene rings is 2. The lowest BCUT2D eigenvalue weighted by Gasteiger charge is -2.16. The fourth-order valence-electron chi connectivity index (χ4n) is 2.47. The Morgan fingerprint density at radius 1 is 1.19 bits per heavy atom. The van der Waals surface area contributed by atoms with Crippen LogP contribution in [0.5, 0.6) is 11.5 Å². The van der Waals surface area contributed by atoms with E-state index in [1.807, 2.05) is 18.4 Å². The van der Waals surface area contributed by atoms with Gasteiger partial charge in [-0.05, 0) is 53.8 Å². The molecule has 27 heavy (non-hydrogen) atoms. The number of hydrogen-bond acceptors (Lipinski definition) is 5. The van der Waals surface area contributed by atoms with Crippen molar-refractivity contribution in [2.24, 2.45) is 0 Å². The molecule has 0 aliphatic carbocycles. The summed E-state index contributed by atoms with van der Waals surface area (Å²) in [6.07, 6.45) is 2.51. The van der Waals surface area contributed by atoms with Gasteiger partial charge in [0.25, 0.3) is 0 Å². The molecule has 2 rings (SSSR count). The van der Waals surface area contributed by atoms with Crippen LogP contribution < -0.4 is 14.8 Å². The predicted octanol–water partition coefficient (Wildman–Crippen LogP) is 3.71. The van der Waals surface area contributed by atoms with E-state index < -0.39 is 12.0 Å². The lowest BCUT2D eigenvalue weighted by atomic mass is 10.1. The van der Waals surface area contributed by atoms with Gasteiger partial charge < -0.3 is 19.9 Å². The second kappa shape index (κ2) is 10.8. The Balaban J connectivity index is 1.97. The second-order valence-electron chi connectivity index (χ2n) is 5.95. The largest absolute Gasteiger partial charge is 0.493 e. The average Bonchev–Trinajstić information content (AvgIpc) is 2.67. The molecular formula is C20H24FNO4S. The normalized spacial score (nSPS) is 11.8. The Kier molecular flexibility index (Phi) is 8.42. The van der Waals surface area contributed by atoms with E-state index in [0.717, 1.165) is 16.9 Å². The van der Waals surface area contributed by atoms with Crippen molar-refractivity contribution in [1.82, 2.24) is 5.32 Å². The third-order valence-corrected chi connectivity index (χ3v) is 4.64. The maximum Gasteiger partial charge on any atom is 0.320 e. The smallest absolute Gasteiger partial charge is 0.320 e. The number of carbonyl (C=O) groups is 1. The van der Waals surface area contributed by atoms with Gasteiger partial charge in [0, 0.05) is 6.54 Å². The van der Waals surface area contributed by atoms with E-state index in [1.165, 1.54) is 12.1 Å². The minimum Gasteiger partial charge on any atom is -0.493 e. The molecule has 1 atom stereocenters. The molecular weight excluding hydrogens is 369 g/mol. The van der Waals surface area contributed by atoms with Crippen LogP contribution in [0, 0.1) is 5.82 Å². The van der Waals surface area contributed by atoms with Gasteiger partial charge in [0.1, 0.15) is 18.5 Å². The highest BCUT2D eigenvalue weighted by atomic mass is 32.2. The van der Waals surface area contributed by atoms with Crippen LogP contribution >= 0.6 is 11.8 Å². The van der Waals surface area contributed by atoms with Gasteiger partial charge in [-0.25, -0.2) is 4.39 Å². The van der Waals surface area contributed by atoms with Crippen LogP contribution in [0.3, 0.4) is 0 Å². The Morgan fingerprint density at radius 3 is 2.52 bits per heavy atom. The highest BCUT2D eigenvalue weighted by Gasteiger charge is 2.16. The molecule has 0 saturated carbocycles. The number of carboxylic acids is 1. The number of hydrogen-bond donors (Lipinski definition) is 2. The molecule has 0 aliphatic rings. The fourth-order valence-corrected chi connectivity index (χ4v) is 2.94. The number of thioether (sulfide) groups is 1. The number of ether oxygens (including phenoxy) is 2. The number of nitrogens with one attached hydrogen (secondary N) is 1. The summed E-state index contributed by atoms with van der Waals surface area (Å²) >= 11 is 1.62. The van der Waals surface area contributed by atoms with Gasteiger partial charge in [0.05, 0.1) is 7.11 Å². The molecule has 0 saturated heterocycles. The molecule has 0 bridgehead atoms. The molecule has 7 heteroatoms. The average molecular weight is 393 g/mol. The molecule has 5 nitrogen and oxygen atoms in total. The number of rotatable bonds is 11. The summed E-state index contributed by atoms with van der Waals surface area (Å²) in [6.45, 7) is 0.712. The molecule has 0 fully saturated rings. The number of methoxy groups -OCH3 is 1. The van der Waals surface area contributed by atoms with E-state index in [2.05, 4.69) is 5.32 Å². The quantitative estimate of drug-likeness (QED) is 0.607. The van der Waals surface area contributed by atoms with Gasteiger partial charge in [-0.15, -0.1) is 0 Å². The highest BCUT2D eigenvalue weighted by Crippen LogP contribution is 2.29. The topological polar surface area (TPSA) is 67.8 Å². The zero-order valence-corrected chi connectivity index (χ0v) is 16.2. The molecule has 0 heterocycles. The first kappa shape index (κ1) is 21.1. The summed E-state index contributed by atoms with van der Waals surface area (Å²) in [6, 6.07) is 11.0. The molecule has 2 aromatic carbocycles. The SMILES string of the molecule is COc1cc(CN[C@H](CCSC)C(=O)O)ccc1OCc1ccc(F)cc1. The van der Waals surface area contributed by atoms with E-state index in [9.17, 15) is 14.3 Å². The van der Waals surface area contributed by atoms with Crippen LogP contribution in [-0.4, -0.2) is 36.2 Å². The molecule has 0 aliphatic heterocycles. The van der Waals surface area contributed by atoms with Crippen molar-refractivity contribution in [1.29, 1.82) is 0 Å². The maximum absolute atomic E-state index is 13.0. The predicted molar refractivity (Wildman–Crippen MR) is 105 cm³/mol. The Hall–Kier alpha value is -2.25. The first-order valence-electron chi connectivity index (χ1n) is 8.52. The van der Waals surface area contributed by atoms with E-state index in [-0.39, 0.29) is 5.82 Å². The second-order valence-corrected chi connectivity index (χ2v) is 6.94. The zero-order chi connectivity index (χ0) is 19.6. The first-order chi connectivity index (χ1) is 13.0. The van der Waals surface area contributed by atoms with Crippen molar-refractivity contribution in [2.75, 3.05) is 19.1 Å². The zero-order valence-electron chi connectivity index (χ0n) is 15.4. The van der Waals surface area contributed by atoms with E-state index in [4.69, 9.17) is 9.47 Å². The van der Waals surface area contributed by atoms with Crippen LogP contribution in [0.4, 0.5) is 4.39 Å². The molecule has 0 radical (unpaired) electrons. The summed E-state index contributed by atoms with van der Waals surface area (Å²) < 4.78 is 24.1. The first-order valence-corrected chi connectivity index (χ1v) is 9.92. The highest BCUT2D eigenvalue weighted by molar-refractivity contribution is 7.98. The summed E-state index contributed by atoms with van der Waals surface area (Å²) in [4.78, 5) is 11.3. The maximum atomic E-state index is 13.0. The summed E-state index contributed by atoms with van der Waals surface area (Å²) in [7, 11) is 1.55. The van der Waals surface area contributed by atoms with Gasteiger partial charge in [-0.3, -0.25) is 4.79 Å². The molecule has 2 N–H and O–H groups in total. The van der Waals surface area contributed by atoms with Crippen LogP contribution in [-0.2, 0) is 17.9 Å². The molecule has 146 valence electrons. The Morgan fingerprint density at radius 2 is 1.89 bits per heavy atom. The molecule has 0 spiro atoms. The van der Waals surface area contributed by atoms with Crippen molar-refractivity contribution < 1.29 is 23.8 Å². The number of carboxylic acid groups (broad SMARTS) is 1. The van der Waals surface area contributed by atoms with Crippen molar-refractivity contribution in [2.45, 2.75) is 25.6 Å². The fraction of sp³-hybridized carbons (Fsp3) is 0.350. The van der Waals surface area contributed by atoms with E-state index >= 15 is 0 Å². The van der Waals surface area contributed by atoms with Crippen molar-refractivity contribution >= 4 is 17.7 Å². The van der Waals surface area contributed by atoms with Crippen molar-refractivity contribution in [3.63, 3.8) is 0 Å². The van der Waals surface area contributed by atoms with Gasteiger partial charge in [-0.2, -0.15) is 11.8 Å². The molecule has 2 aromatic rings. The standard InChI is InChI=1S/C20H24FNO4S/c1-25-19-11-15(12-22-17(20(23)24)9-10-27-2)5-8-18(19)26-13-14-3-6-16(21)7-4-14/h3-8,11,17,22H,9-10,12-13H2,1-2H3,(H,23,24)/t17-/m1/s1. The third kappa shape index (κ3) is 6.77. The van der Waals surface area contributed by atoms with E-state index in [1.54, 1.807) is 37.1 Å². The lowest BCUT2D eigenvalue weighted by Crippen LogP contribution is -2.36. The molecule has 0 aromatic heterocycles. The summed E-state index contributed by atoms with van der Waals surface area (Å²) in [5, 5.41) is 12.3. The van der Waals surface area contributed by atoms with Gasteiger partial charge in [0.2, 0.25) is 0 Å². The summed E-state index contributed by atoms with van der Waals surface area (Å²) in [5.74, 6) is 0.777. The van der Waals surface area contributed by atoms with Gasteiger partial charge >= 0.3 is 5.97 Å². The Bertz CT molecular complexity index is 739. The van der Waals surface area contributed by atoms with Crippen LogP contribution in [0.1, 0.15) is 17.5 Å². The number of aliphatic carboxylic acids is 1. The van der Waals surface area contributed by atoms with Crippen molar-refractivity contribution in [3.05, 3.63) is 59.4 Å². The minimum absolute atomic E-state index is 0.287. The minimum atomic E-state index is -0.852. The van der Waals surface area contributed by atoms with E-state index in [0.29, 0.717) is 31.1 Å². The summed E-state index contributed by atoms with van der Waals surface area (Å²) in [5.41, 5.74) is 1.75. The Labute approximate surface area is 162 Å². The molecule has 0 unspecified atom stereocenters. The van der Waals surface area contributed by atoms with Crippen LogP contribution in [0.25, 0.3) is 0 Å². The molecule has 0 amide bonds. The van der Waals surface area contributed by atoms with Crippen LogP contribution in [0.2, 0.25) is 0 Å². The third-order valence-electron chi connectivity index (χ3n) is 4.00. The number of halogens is 1. The van der Waals surface area contributed by atoms with Crippen LogP contribution in [0.15, 0.2) is 42.5 Å². The lowest BCUT2D eigenvalue weighted by molar-refractivity contribution is -0.139.